The van der Waals surface area contributed by atoms with Gasteiger partial charge in [-0.25, -0.2) is 4.98 Å². The lowest BCUT2D eigenvalue weighted by molar-refractivity contribution is -0.129. The molecule has 0 spiro atoms. The van der Waals surface area contributed by atoms with Crippen LogP contribution in [-0.4, -0.2) is 34.3 Å². The fraction of sp³-hybridized carbons (Fsp3) is 0.476. The maximum atomic E-state index is 12.7. The molecule has 2 heterocycles. The van der Waals surface area contributed by atoms with Crippen LogP contribution in [0, 0.1) is 19.8 Å². The molecule has 1 saturated heterocycles. The van der Waals surface area contributed by atoms with E-state index in [-0.39, 0.29) is 17.7 Å². The molecule has 1 aliphatic carbocycles. The second-order valence-corrected chi connectivity index (χ2v) is 8.59. The molecule has 4 rings (SSSR count). The Balaban J connectivity index is 1.42. The van der Waals surface area contributed by atoms with Crippen LogP contribution in [0.3, 0.4) is 0 Å². The summed E-state index contributed by atoms with van der Waals surface area (Å²) in [4.78, 5) is 31.5. The van der Waals surface area contributed by atoms with Gasteiger partial charge in [0, 0.05) is 30.0 Å². The van der Waals surface area contributed by atoms with Gasteiger partial charge in [-0.15, -0.1) is 11.3 Å². The minimum absolute atomic E-state index is 0.0919. The molecule has 1 atom stereocenters. The number of nitrogens with zero attached hydrogens (tertiary/aromatic N) is 2. The van der Waals surface area contributed by atoms with E-state index in [0.29, 0.717) is 24.1 Å². The number of thiazole rings is 1. The Kier molecular flexibility index (Phi) is 5.00. The highest BCUT2D eigenvalue weighted by Crippen LogP contribution is 2.31. The number of likely N-dealkylation sites (tertiary alicyclic amines) is 1. The summed E-state index contributed by atoms with van der Waals surface area (Å²) in [7, 11) is 0. The third kappa shape index (κ3) is 3.76. The largest absolute Gasteiger partial charge is 0.339 e. The van der Waals surface area contributed by atoms with Crippen molar-refractivity contribution in [3.05, 3.63) is 34.7 Å². The lowest BCUT2D eigenvalue weighted by Gasteiger charge is -2.23. The molecule has 2 aromatic rings. The molecule has 1 aromatic heterocycles. The summed E-state index contributed by atoms with van der Waals surface area (Å²) < 4.78 is 0. The third-order valence-electron chi connectivity index (χ3n) is 5.70. The van der Waals surface area contributed by atoms with Crippen LogP contribution in [0.2, 0.25) is 0 Å². The van der Waals surface area contributed by atoms with Crippen molar-refractivity contribution in [3.63, 3.8) is 0 Å². The van der Waals surface area contributed by atoms with Crippen LogP contribution in [0.4, 0.5) is 5.13 Å². The molecular formula is C21H25N3O2S. The van der Waals surface area contributed by atoms with Gasteiger partial charge in [0.15, 0.2) is 5.13 Å². The average molecular weight is 384 g/mol. The summed E-state index contributed by atoms with van der Waals surface area (Å²) >= 11 is 1.43. The fourth-order valence-corrected chi connectivity index (χ4v) is 4.86. The maximum absolute atomic E-state index is 12.7. The second-order valence-electron chi connectivity index (χ2n) is 7.73. The van der Waals surface area contributed by atoms with Crippen LogP contribution in [0.1, 0.15) is 43.2 Å². The van der Waals surface area contributed by atoms with Crippen molar-refractivity contribution in [1.82, 2.24) is 9.88 Å². The van der Waals surface area contributed by atoms with E-state index in [0.717, 1.165) is 29.7 Å². The SMILES string of the molecule is Cc1ccc(C)c(-c2csc(NC(=O)[C@H]3CC(=O)N(C4CCCC4)C3)n2)c1. The zero-order valence-electron chi connectivity index (χ0n) is 15.8. The van der Waals surface area contributed by atoms with Crippen LogP contribution in [0.25, 0.3) is 11.3 Å². The number of hydrogen-bond acceptors (Lipinski definition) is 4. The quantitative estimate of drug-likeness (QED) is 0.862. The van der Waals surface area contributed by atoms with Crippen LogP contribution in [0.5, 0.6) is 0 Å². The average Bonchev–Trinajstić information content (AvgIpc) is 3.37. The zero-order chi connectivity index (χ0) is 19.0. The van der Waals surface area contributed by atoms with Gasteiger partial charge in [-0.05, 0) is 38.3 Å². The Hall–Kier alpha value is -2.21. The number of carbonyl (C=O) groups is 2. The van der Waals surface area contributed by atoms with Crippen LogP contribution in [-0.2, 0) is 9.59 Å². The molecule has 5 nitrogen and oxygen atoms in total. The fourth-order valence-electron chi connectivity index (χ4n) is 4.15. The number of carbonyl (C=O) groups excluding carboxylic acids is 2. The number of nitrogens with one attached hydrogen (secondary N) is 1. The van der Waals surface area contributed by atoms with Gasteiger partial charge in [0.25, 0.3) is 0 Å². The van der Waals surface area contributed by atoms with Gasteiger partial charge < -0.3 is 10.2 Å². The summed E-state index contributed by atoms with van der Waals surface area (Å²) in [6.45, 7) is 4.67. The Morgan fingerprint density at radius 2 is 2.04 bits per heavy atom. The molecule has 0 bridgehead atoms. The highest BCUT2D eigenvalue weighted by Gasteiger charge is 2.38. The topological polar surface area (TPSA) is 62.3 Å². The van der Waals surface area contributed by atoms with Gasteiger partial charge in [-0.1, -0.05) is 30.5 Å². The number of benzene rings is 1. The predicted octanol–water partition coefficient (Wildman–Crippen LogP) is 4.16. The Bertz CT molecular complexity index is 870. The predicted molar refractivity (Wildman–Crippen MR) is 108 cm³/mol. The number of hydrogen-bond donors (Lipinski definition) is 1. The number of anilines is 1. The summed E-state index contributed by atoms with van der Waals surface area (Å²) in [5.74, 6) is -0.242. The standard InChI is InChI=1S/C21H25N3O2S/c1-13-7-8-14(2)17(9-13)18-12-27-21(22-18)23-20(26)15-10-19(25)24(11-15)16-5-3-4-6-16/h7-9,12,15-16H,3-6,10-11H2,1-2H3,(H,22,23,26)/t15-/m0/s1. The van der Waals surface area contributed by atoms with Gasteiger partial charge in [0.1, 0.15) is 0 Å². The van der Waals surface area contributed by atoms with Crippen molar-refractivity contribution in [2.45, 2.75) is 52.0 Å². The molecule has 6 heteroatoms. The Labute approximate surface area is 163 Å². The normalized spacial score (nSPS) is 20.4. The summed E-state index contributed by atoms with van der Waals surface area (Å²) in [6, 6.07) is 6.63. The maximum Gasteiger partial charge on any atom is 0.231 e. The highest BCUT2D eigenvalue weighted by atomic mass is 32.1. The van der Waals surface area contributed by atoms with Gasteiger partial charge in [0.2, 0.25) is 11.8 Å². The number of amides is 2. The van der Waals surface area contributed by atoms with Crippen LogP contribution >= 0.6 is 11.3 Å². The lowest BCUT2D eigenvalue weighted by atomic mass is 10.0. The molecule has 27 heavy (non-hydrogen) atoms. The molecule has 1 aliphatic heterocycles. The van der Waals surface area contributed by atoms with Crippen molar-refractivity contribution in [1.29, 1.82) is 0 Å². The van der Waals surface area contributed by atoms with E-state index >= 15 is 0 Å². The Morgan fingerprint density at radius 3 is 2.81 bits per heavy atom. The van der Waals surface area contributed by atoms with Gasteiger partial charge in [-0.3, -0.25) is 9.59 Å². The summed E-state index contributed by atoms with van der Waals surface area (Å²) in [6.07, 6.45) is 4.84. The molecule has 1 N–H and O–H groups in total. The number of aryl methyl sites for hydroxylation is 2. The van der Waals surface area contributed by atoms with Crippen LogP contribution < -0.4 is 5.32 Å². The first-order chi connectivity index (χ1) is 13.0. The van der Waals surface area contributed by atoms with E-state index in [1.807, 2.05) is 10.3 Å². The molecule has 142 valence electrons. The minimum atomic E-state index is -0.272. The van der Waals surface area contributed by atoms with E-state index in [2.05, 4.69) is 42.3 Å². The zero-order valence-corrected chi connectivity index (χ0v) is 16.6. The van der Waals surface area contributed by atoms with E-state index < -0.39 is 0 Å². The lowest BCUT2D eigenvalue weighted by Crippen LogP contribution is -2.35. The van der Waals surface area contributed by atoms with Crippen LogP contribution in [0.15, 0.2) is 23.6 Å². The van der Waals surface area contributed by atoms with E-state index in [1.54, 1.807) is 0 Å². The molecule has 2 fully saturated rings. The van der Waals surface area contributed by atoms with Crippen molar-refractivity contribution >= 4 is 28.3 Å². The first kappa shape index (κ1) is 18.2. The van der Waals surface area contributed by atoms with Gasteiger partial charge >= 0.3 is 0 Å². The molecule has 1 saturated carbocycles. The van der Waals surface area contributed by atoms with Crippen molar-refractivity contribution < 1.29 is 9.59 Å². The first-order valence-electron chi connectivity index (χ1n) is 9.65. The van der Waals surface area contributed by atoms with E-state index in [9.17, 15) is 9.59 Å². The number of rotatable bonds is 4. The minimum Gasteiger partial charge on any atom is -0.339 e. The molecule has 0 unspecified atom stereocenters. The van der Waals surface area contributed by atoms with Gasteiger partial charge in [-0.2, -0.15) is 0 Å². The third-order valence-corrected chi connectivity index (χ3v) is 6.46. The van der Waals surface area contributed by atoms with Crippen molar-refractivity contribution in [2.24, 2.45) is 5.92 Å². The van der Waals surface area contributed by atoms with E-state index in [1.165, 1.54) is 29.7 Å². The Morgan fingerprint density at radius 1 is 1.26 bits per heavy atom. The first-order valence-corrected chi connectivity index (χ1v) is 10.5. The number of aromatic nitrogens is 1. The van der Waals surface area contributed by atoms with Crippen molar-refractivity contribution in [3.8, 4) is 11.3 Å². The molecular weight excluding hydrogens is 358 g/mol. The summed E-state index contributed by atoms with van der Waals surface area (Å²) in [5, 5.41) is 5.50. The molecule has 1 aromatic carbocycles. The molecule has 0 radical (unpaired) electrons. The van der Waals surface area contributed by atoms with Crippen molar-refractivity contribution in [2.75, 3.05) is 11.9 Å². The van der Waals surface area contributed by atoms with E-state index in [4.69, 9.17) is 0 Å². The molecule has 2 amide bonds. The molecule has 2 aliphatic rings. The highest BCUT2D eigenvalue weighted by molar-refractivity contribution is 7.14. The smallest absolute Gasteiger partial charge is 0.231 e. The second kappa shape index (κ2) is 7.43. The van der Waals surface area contributed by atoms with Gasteiger partial charge in [0.05, 0.1) is 11.6 Å². The monoisotopic (exact) mass is 383 g/mol. The summed E-state index contributed by atoms with van der Waals surface area (Å²) in [5.41, 5.74) is 4.32.